The quantitative estimate of drug-likeness (QED) is 0.560. The molecule has 0 spiro atoms. The Balaban J connectivity index is 1.35. The predicted octanol–water partition coefficient (Wildman–Crippen LogP) is 4.44. The van der Waals surface area contributed by atoms with Crippen LogP contribution in [0.15, 0.2) is 54.7 Å². The number of fused-ring (bicyclic) bond motifs is 1. The van der Waals surface area contributed by atoms with Gasteiger partial charge in [0.15, 0.2) is 0 Å². The number of nitrogens with zero attached hydrogens (tertiary/aromatic N) is 3. The van der Waals surface area contributed by atoms with Gasteiger partial charge in [-0.15, -0.1) is 0 Å². The molecular formula is C25H26ClN5O. The Kier molecular flexibility index (Phi) is 5.70. The molecule has 0 bridgehead atoms. The van der Waals surface area contributed by atoms with E-state index in [0.29, 0.717) is 30.4 Å². The van der Waals surface area contributed by atoms with Crippen molar-refractivity contribution >= 4 is 29.3 Å². The molecule has 2 aliphatic rings. The van der Waals surface area contributed by atoms with Crippen molar-refractivity contribution in [2.24, 2.45) is 11.8 Å². The summed E-state index contributed by atoms with van der Waals surface area (Å²) in [6.45, 7) is 4.94. The van der Waals surface area contributed by atoms with E-state index in [1.807, 2.05) is 55.5 Å². The van der Waals surface area contributed by atoms with Gasteiger partial charge in [-0.25, -0.2) is 4.98 Å². The van der Waals surface area contributed by atoms with Crippen molar-refractivity contribution in [1.82, 2.24) is 15.3 Å². The van der Waals surface area contributed by atoms with E-state index in [1.165, 1.54) is 6.42 Å². The van der Waals surface area contributed by atoms with Crippen LogP contribution < -0.4 is 15.5 Å². The predicted molar refractivity (Wildman–Crippen MR) is 127 cm³/mol. The number of benzene rings is 2. The molecule has 5 rings (SSSR count). The van der Waals surface area contributed by atoms with E-state index >= 15 is 0 Å². The van der Waals surface area contributed by atoms with Gasteiger partial charge >= 0.3 is 0 Å². The average Bonchev–Trinajstić information content (AvgIpc) is 3.43. The molecular weight excluding hydrogens is 422 g/mol. The minimum absolute atomic E-state index is 0.200. The lowest BCUT2D eigenvalue weighted by molar-refractivity contribution is 0.0951. The number of piperidine rings is 1. The van der Waals surface area contributed by atoms with E-state index in [0.717, 1.165) is 46.6 Å². The van der Waals surface area contributed by atoms with E-state index in [1.54, 1.807) is 6.20 Å². The number of hydrogen-bond acceptors (Lipinski definition) is 5. The van der Waals surface area contributed by atoms with Crippen LogP contribution in [0.3, 0.4) is 0 Å². The third kappa shape index (κ3) is 4.55. The number of amides is 1. The fraction of sp³-hybridized carbons (Fsp3) is 0.320. The second kappa shape index (κ2) is 8.79. The van der Waals surface area contributed by atoms with E-state index in [4.69, 9.17) is 16.6 Å². The Hall–Kier alpha value is -3.12. The molecule has 1 saturated heterocycles. The zero-order chi connectivity index (χ0) is 22.1. The Morgan fingerprint density at radius 1 is 1.09 bits per heavy atom. The molecule has 1 aliphatic heterocycles. The van der Waals surface area contributed by atoms with Gasteiger partial charge < -0.3 is 15.5 Å². The number of carbonyl (C=O) groups is 1. The molecule has 1 aromatic heterocycles. The van der Waals surface area contributed by atoms with Gasteiger partial charge in [-0.3, -0.25) is 4.79 Å². The van der Waals surface area contributed by atoms with Crippen molar-refractivity contribution in [3.8, 4) is 0 Å². The molecule has 1 saturated carbocycles. The summed E-state index contributed by atoms with van der Waals surface area (Å²) in [5, 5.41) is 7.05. The summed E-state index contributed by atoms with van der Waals surface area (Å²) in [4.78, 5) is 24.5. The number of rotatable bonds is 7. The maximum Gasteiger partial charge on any atom is 0.256 e. The third-order valence-electron chi connectivity index (χ3n) is 6.27. The summed E-state index contributed by atoms with van der Waals surface area (Å²) in [5.41, 5.74) is 3.54. The summed E-state index contributed by atoms with van der Waals surface area (Å²) in [6, 6.07) is 15.8. The van der Waals surface area contributed by atoms with Crippen LogP contribution in [0.2, 0.25) is 5.02 Å². The molecule has 7 heteroatoms. The number of aromatic nitrogens is 2. The van der Waals surface area contributed by atoms with Gasteiger partial charge in [-0.2, -0.15) is 4.98 Å². The number of carbonyl (C=O) groups excluding carboxylic acids is 1. The van der Waals surface area contributed by atoms with E-state index in [2.05, 4.69) is 20.5 Å². The highest BCUT2D eigenvalue weighted by Gasteiger charge is 2.45. The second-order valence-electron chi connectivity index (χ2n) is 8.70. The Bertz CT molecular complexity index is 1130. The molecule has 164 valence electrons. The first kappa shape index (κ1) is 20.8. The summed E-state index contributed by atoms with van der Waals surface area (Å²) >= 11 is 6.28. The lowest BCUT2D eigenvalue weighted by Crippen LogP contribution is -2.27. The maximum atomic E-state index is 13.0. The molecule has 1 aliphatic carbocycles. The molecule has 2 fully saturated rings. The lowest BCUT2D eigenvalue weighted by Gasteiger charge is -2.20. The van der Waals surface area contributed by atoms with Crippen molar-refractivity contribution < 1.29 is 4.79 Å². The highest BCUT2D eigenvalue weighted by Crippen LogP contribution is 2.45. The highest BCUT2D eigenvalue weighted by atomic mass is 35.5. The fourth-order valence-corrected chi connectivity index (χ4v) is 4.40. The zero-order valence-corrected chi connectivity index (χ0v) is 18.8. The molecule has 0 radical (unpaired) electrons. The normalized spacial score (nSPS) is 18.9. The number of nitrogens with one attached hydrogen (secondary N) is 2. The van der Waals surface area contributed by atoms with Gasteiger partial charge in [-0.1, -0.05) is 54.1 Å². The molecule has 2 aromatic carbocycles. The second-order valence-corrected chi connectivity index (χ2v) is 9.11. The Morgan fingerprint density at radius 3 is 2.62 bits per heavy atom. The van der Waals surface area contributed by atoms with E-state index in [9.17, 15) is 4.79 Å². The monoisotopic (exact) mass is 447 g/mol. The largest absolute Gasteiger partial charge is 0.365 e. The molecule has 3 aromatic rings. The van der Waals surface area contributed by atoms with Gasteiger partial charge in [0.2, 0.25) is 5.95 Å². The fourth-order valence-electron chi connectivity index (χ4n) is 4.19. The van der Waals surface area contributed by atoms with Crippen LogP contribution in [-0.2, 0) is 13.1 Å². The number of hydrogen-bond donors (Lipinski definition) is 2. The molecule has 2 atom stereocenters. The molecule has 2 heterocycles. The topological polar surface area (TPSA) is 70.2 Å². The first-order valence-corrected chi connectivity index (χ1v) is 11.4. The van der Waals surface area contributed by atoms with Crippen LogP contribution in [0.25, 0.3) is 0 Å². The summed E-state index contributed by atoms with van der Waals surface area (Å²) < 4.78 is 0. The van der Waals surface area contributed by atoms with Crippen molar-refractivity contribution in [3.05, 3.63) is 82.0 Å². The van der Waals surface area contributed by atoms with Gasteiger partial charge in [0, 0.05) is 37.4 Å². The van der Waals surface area contributed by atoms with Crippen molar-refractivity contribution in [2.45, 2.75) is 26.4 Å². The van der Waals surface area contributed by atoms with Crippen LogP contribution in [0, 0.1) is 18.8 Å². The average molecular weight is 448 g/mol. The van der Waals surface area contributed by atoms with Crippen molar-refractivity contribution in [2.75, 3.05) is 23.3 Å². The molecule has 2 unspecified atom stereocenters. The number of anilines is 2. The molecule has 2 N–H and O–H groups in total. The smallest absolute Gasteiger partial charge is 0.256 e. The van der Waals surface area contributed by atoms with Crippen LogP contribution in [0.5, 0.6) is 0 Å². The minimum Gasteiger partial charge on any atom is -0.365 e. The first-order chi connectivity index (χ1) is 15.6. The van der Waals surface area contributed by atoms with E-state index < -0.39 is 0 Å². The molecule has 1 amide bonds. The van der Waals surface area contributed by atoms with Gasteiger partial charge in [-0.05, 0) is 47.9 Å². The molecule has 6 nitrogen and oxygen atoms in total. The SMILES string of the molecule is Cc1ccc(CNc2nc(N3CC4CC4C3)ncc2C(=O)NCc2ccccc2)cc1Cl. The van der Waals surface area contributed by atoms with Gasteiger partial charge in [0.1, 0.15) is 11.4 Å². The van der Waals surface area contributed by atoms with Crippen LogP contribution in [-0.4, -0.2) is 29.0 Å². The van der Waals surface area contributed by atoms with Crippen molar-refractivity contribution in [3.63, 3.8) is 0 Å². The molecule has 32 heavy (non-hydrogen) atoms. The van der Waals surface area contributed by atoms with E-state index in [-0.39, 0.29) is 5.91 Å². The highest BCUT2D eigenvalue weighted by molar-refractivity contribution is 6.31. The Labute approximate surface area is 193 Å². The van der Waals surface area contributed by atoms with Gasteiger partial charge in [0.05, 0.1) is 0 Å². The third-order valence-corrected chi connectivity index (χ3v) is 6.68. The van der Waals surface area contributed by atoms with Crippen LogP contribution in [0.1, 0.15) is 33.5 Å². The Morgan fingerprint density at radius 2 is 1.88 bits per heavy atom. The van der Waals surface area contributed by atoms with Crippen LogP contribution in [0.4, 0.5) is 11.8 Å². The lowest BCUT2D eigenvalue weighted by atomic mass is 10.1. The van der Waals surface area contributed by atoms with Gasteiger partial charge in [0.25, 0.3) is 5.91 Å². The first-order valence-electron chi connectivity index (χ1n) is 11.0. The number of halogens is 1. The number of aryl methyl sites for hydroxylation is 1. The minimum atomic E-state index is -0.200. The summed E-state index contributed by atoms with van der Waals surface area (Å²) in [6.07, 6.45) is 2.95. The van der Waals surface area contributed by atoms with Crippen LogP contribution >= 0.6 is 11.6 Å². The summed E-state index contributed by atoms with van der Waals surface area (Å²) in [5.74, 6) is 2.57. The zero-order valence-electron chi connectivity index (χ0n) is 18.0. The maximum absolute atomic E-state index is 13.0. The standard InChI is InChI=1S/C25H26ClN5O/c1-16-7-8-18(9-22(16)26)12-27-23-21(24(32)28-11-17-5-3-2-4-6-17)13-29-25(30-23)31-14-19-10-20(19)15-31/h2-9,13,19-20H,10-12,14-15H2,1H3,(H,28,32)(H,27,29,30). The van der Waals surface area contributed by atoms with Crippen molar-refractivity contribution in [1.29, 1.82) is 0 Å². The summed E-state index contributed by atoms with van der Waals surface area (Å²) in [7, 11) is 0.